The van der Waals surface area contributed by atoms with Crippen LogP contribution in [-0.2, 0) is 9.63 Å². The lowest BCUT2D eigenvalue weighted by molar-refractivity contribution is -0.136. The maximum atomic E-state index is 11.9. The second-order valence-electron chi connectivity index (χ2n) is 5.99. The lowest BCUT2D eigenvalue weighted by atomic mass is 10.0. The average molecular weight is 398 g/mol. The summed E-state index contributed by atoms with van der Waals surface area (Å²) in [6.07, 6.45) is 10.6. The molecule has 0 unspecified atom stereocenters. The Morgan fingerprint density at radius 2 is 1.50 bits per heavy atom. The molecule has 0 saturated heterocycles. The highest BCUT2D eigenvalue weighted by molar-refractivity contribution is 6.28. The fourth-order valence-corrected chi connectivity index (χ4v) is 2.79. The Morgan fingerprint density at radius 3 is 2.20 bits per heavy atom. The second-order valence-corrected chi connectivity index (χ2v) is 5.99. The number of nitrogens with zero attached hydrogens (tertiary/aromatic N) is 2. The molecule has 0 N–H and O–H groups in total. The Kier molecular flexibility index (Phi) is 7.28. The van der Waals surface area contributed by atoms with Gasteiger partial charge >= 0.3 is 5.97 Å². The van der Waals surface area contributed by atoms with Crippen LogP contribution in [0.2, 0.25) is 0 Å². The summed E-state index contributed by atoms with van der Waals surface area (Å²) < 4.78 is 5.10. The smallest absolute Gasteiger partial charge is 0.363 e. The molecule has 0 saturated carbocycles. The third kappa shape index (κ3) is 4.89. The molecule has 0 radical (unpaired) electrons. The average Bonchev–Trinajstić information content (AvgIpc) is 3.43. The van der Waals surface area contributed by atoms with Crippen molar-refractivity contribution in [1.29, 1.82) is 0 Å². The summed E-state index contributed by atoms with van der Waals surface area (Å²) in [5.41, 5.74) is 4.42. The largest absolute Gasteiger partial charge is 0.368 e. The molecule has 4 rings (SSSR count). The first-order valence-electron chi connectivity index (χ1n) is 9.73. The van der Waals surface area contributed by atoms with E-state index >= 15 is 0 Å². The van der Waals surface area contributed by atoms with Crippen molar-refractivity contribution in [3.05, 3.63) is 108 Å². The van der Waals surface area contributed by atoms with Crippen LogP contribution >= 0.6 is 0 Å². The van der Waals surface area contributed by atoms with Gasteiger partial charge in [0.25, 0.3) is 0 Å². The SMILES string of the molecule is CC.O=C1ON=C(c2ccccc2)/C1=C/C=C/C=C/c1conc1-c1ccccc1. The number of rotatable bonds is 5. The molecular formula is C25H22N2O3. The van der Waals surface area contributed by atoms with Crippen LogP contribution in [0.3, 0.4) is 0 Å². The summed E-state index contributed by atoms with van der Waals surface area (Å²) in [7, 11) is 0. The number of allylic oxidation sites excluding steroid dienone is 4. The summed E-state index contributed by atoms with van der Waals surface area (Å²) in [5, 5.41) is 7.94. The van der Waals surface area contributed by atoms with Gasteiger partial charge in [-0.05, 0) is 12.2 Å². The number of benzene rings is 2. The summed E-state index contributed by atoms with van der Waals surface area (Å²) in [5.74, 6) is -0.460. The molecule has 1 aliphatic heterocycles. The van der Waals surface area contributed by atoms with Crippen molar-refractivity contribution in [1.82, 2.24) is 5.16 Å². The van der Waals surface area contributed by atoms with Gasteiger partial charge in [0.15, 0.2) is 0 Å². The molecule has 5 heteroatoms. The molecule has 2 heterocycles. The van der Waals surface area contributed by atoms with E-state index in [9.17, 15) is 4.79 Å². The zero-order valence-corrected chi connectivity index (χ0v) is 16.9. The third-order valence-electron chi connectivity index (χ3n) is 4.15. The molecule has 0 fully saturated rings. The Hall–Kier alpha value is -3.99. The lowest BCUT2D eigenvalue weighted by Gasteiger charge is -1.98. The van der Waals surface area contributed by atoms with Gasteiger partial charge in [0.1, 0.15) is 17.7 Å². The van der Waals surface area contributed by atoms with E-state index in [0.717, 1.165) is 22.4 Å². The van der Waals surface area contributed by atoms with Crippen molar-refractivity contribution in [2.75, 3.05) is 0 Å². The molecule has 150 valence electrons. The third-order valence-corrected chi connectivity index (χ3v) is 4.15. The Morgan fingerprint density at radius 1 is 0.833 bits per heavy atom. The standard InChI is InChI=1S/C23H16N2O3.C2H6/c26-23-20(22(25-28-23)18-12-6-2-7-13-18)15-9-3-8-14-19-16-27-24-21(19)17-10-4-1-5-11-17;1-2/h1-16H;1-2H3/b9-3+,14-8+,20-15-;. The van der Waals surface area contributed by atoms with Gasteiger partial charge in [-0.15, -0.1) is 0 Å². The van der Waals surface area contributed by atoms with Crippen LogP contribution < -0.4 is 0 Å². The molecule has 0 bridgehead atoms. The molecule has 1 aliphatic rings. The number of carbonyl (C=O) groups excluding carboxylic acids is 1. The molecule has 3 aromatic rings. The Bertz CT molecular complexity index is 1090. The van der Waals surface area contributed by atoms with Crippen molar-refractivity contribution in [2.45, 2.75) is 13.8 Å². The van der Waals surface area contributed by atoms with E-state index in [1.54, 1.807) is 18.4 Å². The van der Waals surface area contributed by atoms with Crippen molar-refractivity contribution in [3.63, 3.8) is 0 Å². The van der Waals surface area contributed by atoms with Crippen LogP contribution in [0, 0.1) is 0 Å². The van der Waals surface area contributed by atoms with Gasteiger partial charge < -0.3 is 9.36 Å². The quantitative estimate of drug-likeness (QED) is 0.308. The zero-order valence-electron chi connectivity index (χ0n) is 16.9. The van der Waals surface area contributed by atoms with Crippen LogP contribution in [0.15, 0.2) is 106 Å². The lowest BCUT2D eigenvalue weighted by Crippen LogP contribution is -2.06. The van der Waals surface area contributed by atoms with Crippen molar-refractivity contribution < 1.29 is 14.2 Å². The van der Waals surface area contributed by atoms with Crippen molar-refractivity contribution >= 4 is 17.8 Å². The number of carbonyl (C=O) groups is 1. The van der Waals surface area contributed by atoms with Gasteiger partial charge in [-0.25, -0.2) is 4.79 Å². The molecule has 0 amide bonds. The van der Waals surface area contributed by atoms with Crippen LogP contribution in [0.5, 0.6) is 0 Å². The molecule has 0 aliphatic carbocycles. The highest BCUT2D eigenvalue weighted by Gasteiger charge is 2.25. The van der Waals surface area contributed by atoms with E-state index in [-0.39, 0.29) is 0 Å². The highest BCUT2D eigenvalue weighted by Crippen LogP contribution is 2.23. The summed E-state index contributed by atoms with van der Waals surface area (Å²) in [6, 6.07) is 19.3. The first-order chi connectivity index (χ1) is 14.8. The molecule has 0 atom stereocenters. The monoisotopic (exact) mass is 398 g/mol. The van der Waals surface area contributed by atoms with Gasteiger partial charge in [0.2, 0.25) is 0 Å². The van der Waals surface area contributed by atoms with Gasteiger partial charge in [0.05, 0.1) is 5.57 Å². The minimum atomic E-state index is -0.460. The highest BCUT2D eigenvalue weighted by atomic mass is 16.7. The normalized spacial score (nSPS) is 14.7. The minimum absolute atomic E-state index is 0.422. The first-order valence-corrected chi connectivity index (χ1v) is 9.73. The maximum Gasteiger partial charge on any atom is 0.368 e. The van der Waals surface area contributed by atoms with E-state index in [1.807, 2.05) is 92.7 Å². The topological polar surface area (TPSA) is 64.7 Å². The molecule has 1 aromatic heterocycles. The maximum absolute atomic E-state index is 11.9. The van der Waals surface area contributed by atoms with Gasteiger partial charge in [-0.1, -0.05) is 103 Å². The molecule has 5 nitrogen and oxygen atoms in total. The summed E-state index contributed by atoms with van der Waals surface area (Å²) >= 11 is 0. The number of aromatic nitrogens is 1. The van der Waals surface area contributed by atoms with Crippen LogP contribution in [0.4, 0.5) is 0 Å². The predicted molar refractivity (Wildman–Crippen MR) is 119 cm³/mol. The molecular weight excluding hydrogens is 376 g/mol. The van der Waals surface area contributed by atoms with Crippen LogP contribution in [0.1, 0.15) is 25.0 Å². The number of hydrogen-bond acceptors (Lipinski definition) is 5. The van der Waals surface area contributed by atoms with Crippen LogP contribution in [0.25, 0.3) is 17.3 Å². The van der Waals surface area contributed by atoms with E-state index in [0.29, 0.717) is 11.3 Å². The molecule has 2 aromatic carbocycles. The summed E-state index contributed by atoms with van der Waals surface area (Å²) in [4.78, 5) is 16.8. The first kappa shape index (κ1) is 20.7. The van der Waals surface area contributed by atoms with E-state index in [2.05, 4.69) is 10.3 Å². The fourth-order valence-electron chi connectivity index (χ4n) is 2.79. The molecule has 0 spiro atoms. The van der Waals surface area contributed by atoms with Crippen molar-refractivity contribution in [2.24, 2.45) is 5.16 Å². The molecule has 30 heavy (non-hydrogen) atoms. The van der Waals surface area contributed by atoms with Gasteiger partial charge in [-0.3, -0.25) is 0 Å². The van der Waals surface area contributed by atoms with E-state index in [1.165, 1.54) is 0 Å². The summed E-state index contributed by atoms with van der Waals surface area (Å²) in [6.45, 7) is 4.00. The van der Waals surface area contributed by atoms with Gasteiger partial charge in [0, 0.05) is 16.7 Å². The second kappa shape index (κ2) is 10.5. The van der Waals surface area contributed by atoms with E-state index < -0.39 is 5.97 Å². The minimum Gasteiger partial charge on any atom is -0.363 e. The predicted octanol–water partition coefficient (Wildman–Crippen LogP) is 5.82. The van der Waals surface area contributed by atoms with E-state index in [4.69, 9.17) is 9.36 Å². The van der Waals surface area contributed by atoms with Crippen molar-refractivity contribution in [3.8, 4) is 11.3 Å². The number of oxime groups is 1. The zero-order chi connectivity index (χ0) is 21.2. The Labute approximate surface area is 175 Å². The Balaban J connectivity index is 0.00000124. The van der Waals surface area contributed by atoms with Gasteiger partial charge in [-0.2, -0.15) is 0 Å². The van der Waals surface area contributed by atoms with Crippen LogP contribution in [-0.4, -0.2) is 16.8 Å². The number of hydrogen-bond donors (Lipinski definition) is 0. The fraction of sp³-hybridized carbons (Fsp3) is 0.0800.